The van der Waals surface area contributed by atoms with Crippen LogP contribution in [0.1, 0.15) is 13.3 Å². The summed E-state index contributed by atoms with van der Waals surface area (Å²) in [6.45, 7) is 1.72. The van der Waals surface area contributed by atoms with Gasteiger partial charge >= 0.3 is 17.6 Å². The molecule has 0 spiro atoms. The molecule has 0 saturated carbocycles. The number of carbonyl (C=O) groups is 1. The van der Waals surface area contributed by atoms with E-state index >= 15 is 0 Å². The van der Waals surface area contributed by atoms with Crippen LogP contribution in [0.3, 0.4) is 0 Å². The maximum absolute atomic E-state index is 9.59. The number of hydrogen-bond acceptors (Lipinski definition) is 1. The Kier molecular flexibility index (Phi) is 7.84. The monoisotopic (exact) mass is 151 g/mol. The van der Waals surface area contributed by atoms with Gasteiger partial charge < -0.3 is 5.73 Å². The van der Waals surface area contributed by atoms with Gasteiger partial charge in [0.25, 0.3) is 0 Å². The molecule has 0 fully saturated rings. The average Bonchev–Trinajstić information content (AvgIpc) is 1.38. The summed E-state index contributed by atoms with van der Waals surface area (Å²) in [7, 11) is 0. The second kappa shape index (κ2) is 5.01. The summed E-state index contributed by atoms with van der Waals surface area (Å²) in [6.07, 6.45) is 0.444. The normalized spacial score (nSPS) is 6.17. The van der Waals surface area contributed by atoms with Gasteiger partial charge in [0.05, 0.1) is 0 Å². The Morgan fingerprint density at radius 1 is 1.83 bits per heavy atom. The first-order valence-electron chi connectivity index (χ1n) is 1.55. The van der Waals surface area contributed by atoms with Gasteiger partial charge in [-0.15, -0.1) is 0 Å². The summed E-state index contributed by atoms with van der Waals surface area (Å²) in [6, 6.07) is 0. The molecule has 38 valence electrons. The summed E-state index contributed by atoms with van der Waals surface area (Å²) in [5, 5.41) is 0. The molecular weight excluding hydrogens is 139 g/mol. The third kappa shape index (κ3) is 8.99. The molecule has 0 atom stereocenters. The maximum atomic E-state index is 9.59. The predicted octanol–water partition coefficient (Wildman–Crippen LogP) is -1.57. The first-order valence-corrected chi connectivity index (χ1v) is 1.55. The summed E-state index contributed by atoms with van der Waals surface area (Å²) in [5.74, 6) is -0.245. The Bertz CT molecular complexity index is 46.1. The van der Waals surface area contributed by atoms with Crippen molar-refractivity contribution < 1.29 is 4.79 Å². The van der Waals surface area contributed by atoms with E-state index in [1.165, 1.54) is 0 Å². The quantitative estimate of drug-likeness (QED) is 0.450. The molecule has 0 rings (SSSR count). The Morgan fingerprint density at radius 2 is 2.00 bits per heavy atom. The van der Waals surface area contributed by atoms with E-state index in [0.717, 1.165) is 0 Å². The second-order valence-corrected chi connectivity index (χ2v) is 0.820. The van der Waals surface area contributed by atoms with E-state index < -0.39 is 0 Å². The molecule has 0 aliphatic rings. The van der Waals surface area contributed by atoms with E-state index in [2.05, 4.69) is 5.73 Å². The molecule has 2 nitrogen and oxygen atoms in total. The van der Waals surface area contributed by atoms with Gasteiger partial charge in [0, 0.05) is 6.42 Å². The molecule has 6 heavy (non-hydrogen) atoms. The molecule has 0 aromatic carbocycles. The van der Waals surface area contributed by atoms with Gasteiger partial charge in [-0.05, 0) is 0 Å². The van der Waals surface area contributed by atoms with E-state index in [0.29, 0.717) is 6.42 Å². The molecule has 0 aliphatic carbocycles. The van der Waals surface area contributed by atoms with Gasteiger partial charge in [0.15, 0.2) is 0 Å². The predicted molar refractivity (Wildman–Crippen MR) is 30.8 cm³/mol. The van der Waals surface area contributed by atoms with Gasteiger partial charge in [0.1, 0.15) is 0 Å². The Balaban J connectivity index is 0. The fraction of sp³-hybridized carbons (Fsp3) is 0.667. The number of hydrogen-bond donors (Lipinski definition) is 1. The van der Waals surface area contributed by atoms with Gasteiger partial charge in [-0.3, -0.25) is 4.79 Å². The second-order valence-electron chi connectivity index (χ2n) is 0.820. The van der Waals surface area contributed by atoms with Crippen LogP contribution in [0.5, 0.6) is 0 Å². The molecule has 3 heteroatoms. The van der Waals surface area contributed by atoms with E-state index in [4.69, 9.17) is 0 Å². The van der Waals surface area contributed by atoms with Crippen LogP contribution in [-0.4, -0.2) is 23.5 Å². The molecule has 0 saturated heterocycles. The molecule has 0 heterocycles. The minimum absolute atomic E-state index is 0. The van der Waals surface area contributed by atoms with Crippen molar-refractivity contribution in [2.45, 2.75) is 13.3 Å². The zero-order valence-electron chi connectivity index (χ0n) is 3.19. The topological polar surface area (TPSA) is 43.1 Å². The zero-order chi connectivity index (χ0) is 4.28. The van der Waals surface area contributed by atoms with Crippen molar-refractivity contribution >= 4 is 23.5 Å². The van der Waals surface area contributed by atoms with Crippen molar-refractivity contribution in [1.82, 2.24) is 0 Å². The van der Waals surface area contributed by atoms with Gasteiger partial charge in [0.2, 0.25) is 5.91 Å². The average molecular weight is 150 g/mol. The van der Waals surface area contributed by atoms with Crippen molar-refractivity contribution in [3.8, 4) is 0 Å². The van der Waals surface area contributed by atoms with Crippen LogP contribution in [0.4, 0.5) is 0 Å². The van der Waals surface area contributed by atoms with E-state index in [1.807, 2.05) is 0 Å². The first kappa shape index (κ1) is 9.38. The Hall–Kier alpha value is 0.0129. The molecule has 2 N–H and O–H groups in total. The number of amides is 1. The summed E-state index contributed by atoms with van der Waals surface area (Å²) >= 11 is 0. The number of carbonyl (C=O) groups excluding carboxylic acids is 1. The van der Waals surface area contributed by atoms with Crippen LogP contribution < -0.4 is 5.73 Å². The molecule has 0 bridgehead atoms. The van der Waals surface area contributed by atoms with Crippen molar-refractivity contribution in [1.29, 1.82) is 0 Å². The van der Waals surface area contributed by atoms with Gasteiger partial charge in [-0.2, -0.15) is 0 Å². The van der Waals surface area contributed by atoms with Gasteiger partial charge in [-0.1, -0.05) is 6.92 Å². The summed E-state index contributed by atoms with van der Waals surface area (Å²) < 4.78 is 0. The van der Waals surface area contributed by atoms with Crippen LogP contribution in [-0.2, 0) is 4.79 Å². The molecule has 0 radical (unpaired) electrons. The molecule has 0 aliphatic heterocycles. The summed E-state index contributed by atoms with van der Waals surface area (Å²) in [4.78, 5) is 9.59. The van der Waals surface area contributed by atoms with Crippen molar-refractivity contribution in [2.24, 2.45) is 5.73 Å². The van der Waals surface area contributed by atoms with E-state index in [1.54, 1.807) is 6.92 Å². The molecule has 1 amide bonds. The molecule has 0 unspecified atom stereocenters. The van der Waals surface area contributed by atoms with Crippen molar-refractivity contribution in [3.05, 3.63) is 0 Å². The Morgan fingerprint density at radius 3 is 2.00 bits per heavy atom. The number of nitrogens with two attached hydrogens (primary N) is 1. The van der Waals surface area contributed by atoms with E-state index in [9.17, 15) is 4.79 Å². The molecule has 0 aromatic rings. The number of primary amides is 1. The van der Waals surface area contributed by atoms with Crippen LogP contribution in [0.25, 0.3) is 0 Å². The SMILES string of the molecule is CCC(N)=O.[GeH4]. The Labute approximate surface area is 48.1 Å². The van der Waals surface area contributed by atoms with Crippen LogP contribution in [0.2, 0.25) is 0 Å². The van der Waals surface area contributed by atoms with Crippen molar-refractivity contribution in [3.63, 3.8) is 0 Å². The third-order valence-corrected chi connectivity index (χ3v) is 0.348. The standard InChI is InChI=1S/C3H7NO.GeH4/c1-2-3(4)5;/h2H2,1H3,(H2,4,5);1H4. The molecular formula is C3H11GeNO. The van der Waals surface area contributed by atoms with Crippen LogP contribution in [0.15, 0.2) is 0 Å². The number of rotatable bonds is 1. The summed E-state index contributed by atoms with van der Waals surface area (Å²) in [5.41, 5.74) is 4.65. The molecule has 0 aromatic heterocycles. The fourth-order valence-electron chi connectivity index (χ4n) is 0. The first-order chi connectivity index (χ1) is 2.27. The van der Waals surface area contributed by atoms with E-state index in [-0.39, 0.29) is 23.5 Å². The van der Waals surface area contributed by atoms with Crippen LogP contribution in [0, 0.1) is 0 Å². The van der Waals surface area contributed by atoms with Crippen LogP contribution >= 0.6 is 0 Å². The van der Waals surface area contributed by atoms with Crippen molar-refractivity contribution in [2.75, 3.05) is 0 Å². The third-order valence-electron chi connectivity index (χ3n) is 0.348. The van der Waals surface area contributed by atoms with Gasteiger partial charge in [-0.25, -0.2) is 0 Å². The minimum atomic E-state index is -0.245. The zero-order valence-corrected chi connectivity index (χ0v) is 3.19. The fourth-order valence-corrected chi connectivity index (χ4v) is 0.